The summed E-state index contributed by atoms with van der Waals surface area (Å²) < 4.78 is 1.75. The zero-order valence-electron chi connectivity index (χ0n) is 9.14. The Hall–Kier alpha value is -1.81. The zero-order chi connectivity index (χ0) is 12.3. The minimum atomic E-state index is -0.375. The third kappa shape index (κ3) is 3.07. The predicted molar refractivity (Wildman–Crippen MR) is 65.7 cm³/mol. The van der Waals surface area contributed by atoms with E-state index in [-0.39, 0.29) is 12.5 Å². The lowest BCUT2D eigenvalue weighted by Crippen LogP contribution is -2.19. The fraction of sp³-hybridized carbons (Fsp3) is 0.167. The molecule has 4 nitrogen and oxygen atoms in total. The summed E-state index contributed by atoms with van der Waals surface area (Å²) in [5, 5.41) is 0.703. The van der Waals surface area contributed by atoms with Crippen LogP contribution in [0.1, 0.15) is 11.4 Å². The molecule has 0 fully saturated rings. The van der Waals surface area contributed by atoms with Crippen LogP contribution in [0.5, 0.6) is 0 Å². The van der Waals surface area contributed by atoms with Crippen LogP contribution in [0.3, 0.4) is 0 Å². The first kappa shape index (κ1) is 11.7. The highest BCUT2D eigenvalue weighted by atomic mass is 35.5. The Balaban J connectivity index is 2.15. The minimum Gasteiger partial charge on any atom is -0.368 e. The molecule has 5 heteroatoms. The number of hydrogen-bond acceptors (Lipinski definition) is 2. The van der Waals surface area contributed by atoms with E-state index in [2.05, 4.69) is 4.98 Å². The van der Waals surface area contributed by atoms with Gasteiger partial charge in [-0.1, -0.05) is 23.7 Å². The van der Waals surface area contributed by atoms with E-state index in [1.165, 1.54) is 0 Å². The number of carbonyl (C=O) groups excluding carboxylic acids is 1. The van der Waals surface area contributed by atoms with Crippen molar-refractivity contribution in [1.82, 2.24) is 9.55 Å². The van der Waals surface area contributed by atoms with Gasteiger partial charge < -0.3 is 10.3 Å². The first-order valence-corrected chi connectivity index (χ1v) is 5.55. The highest BCUT2D eigenvalue weighted by Gasteiger charge is 2.06. The van der Waals surface area contributed by atoms with E-state index >= 15 is 0 Å². The average Bonchev–Trinajstić information content (AvgIpc) is 2.68. The molecular weight excluding hydrogens is 238 g/mol. The molecular formula is C12H12ClN3O. The molecule has 0 aliphatic carbocycles. The Bertz CT molecular complexity index is 519. The normalized spacial score (nSPS) is 10.4. The standard InChI is InChI=1S/C12H12ClN3O/c13-10-3-1-9(2-4-10)7-12-15-5-6-16(12)8-11(14)17/h1-6H,7-8H2,(H2,14,17). The van der Waals surface area contributed by atoms with Crippen molar-refractivity contribution < 1.29 is 4.79 Å². The number of benzene rings is 1. The van der Waals surface area contributed by atoms with Crippen LogP contribution >= 0.6 is 11.6 Å². The third-order valence-electron chi connectivity index (χ3n) is 2.40. The van der Waals surface area contributed by atoms with E-state index in [0.717, 1.165) is 11.4 Å². The minimum absolute atomic E-state index is 0.156. The lowest BCUT2D eigenvalue weighted by atomic mass is 10.1. The Morgan fingerprint density at radius 3 is 2.71 bits per heavy atom. The average molecular weight is 250 g/mol. The number of hydrogen-bond donors (Lipinski definition) is 1. The van der Waals surface area contributed by atoms with Crippen molar-refractivity contribution in [2.75, 3.05) is 0 Å². The molecule has 0 aliphatic rings. The number of nitrogens with two attached hydrogens (primary N) is 1. The van der Waals surface area contributed by atoms with Gasteiger partial charge in [-0.3, -0.25) is 4.79 Å². The van der Waals surface area contributed by atoms with Gasteiger partial charge in [0.15, 0.2) is 0 Å². The van der Waals surface area contributed by atoms with Gasteiger partial charge in [0.05, 0.1) is 0 Å². The molecule has 0 radical (unpaired) electrons. The highest BCUT2D eigenvalue weighted by Crippen LogP contribution is 2.12. The van der Waals surface area contributed by atoms with Gasteiger partial charge in [0.25, 0.3) is 0 Å². The Morgan fingerprint density at radius 2 is 2.06 bits per heavy atom. The molecule has 0 unspecified atom stereocenters. The molecule has 0 atom stereocenters. The lowest BCUT2D eigenvalue weighted by Gasteiger charge is -2.05. The largest absolute Gasteiger partial charge is 0.368 e. The molecule has 2 aromatic rings. The van der Waals surface area contributed by atoms with E-state index in [4.69, 9.17) is 17.3 Å². The van der Waals surface area contributed by atoms with Crippen LogP contribution in [0.25, 0.3) is 0 Å². The number of amides is 1. The van der Waals surface area contributed by atoms with Crippen molar-refractivity contribution in [1.29, 1.82) is 0 Å². The molecule has 2 N–H and O–H groups in total. The predicted octanol–water partition coefficient (Wildman–Crippen LogP) is 1.61. The van der Waals surface area contributed by atoms with E-state index in [1.54, 1.807) is 17.0 Å². The summed E-state index contributed by atoms with van der Waals surface area (Å²) >= 11 is 5.81. The van der Waals surface area contributed by atoms with Gasteiger partial charge in [-0.05, 0) is 17.7 Å². The molecule has 1 amide bonds. The molecule has 1 heterocycles. The van der Waals surface area contributed by atoms with E-state index in [9.17, 15) is 4.79 Å². The van der Waals surface area contributed by atoms with Crippen LogP contribution in [0.4, 0.5) is 0 Å². The molecule has 0 saturated heterocycles. The smallest absolute Gasteiger partial charge is 0.237 e. The number of halogens is 1. The summed E-state index contributed by atoms with van der Waals surface area (Å²) in [5.74, 6) is 0.437. The lowest BCUT2D eigenvalue weighted by molar-refractivity contribution is -0.118. The zero-order valence-corrected chi connectivity index (χ0v) is 9.89. The topological polar surface area (TPSA) is 60.9 Å². The van der Waals surface area contributed by atoms with Crippen LogP contribution < -0.4 is 5.73 Å². The van der Waals surface area contributed by atoms with Gasteiger partial charge in [0, 0.05) is 23.8 Å². The molecule has 1 aromatic carbocycles. The van der Waals surface area contributed by atoms with Crippen LogP contribution in [0.2, 0.25) is 5.02 Å². The molecule has 17 heavy (non-hydrogen) atoms. The Morgan fingerprint density at radius 1 is 1.35 bits per heavy atom. The summed E-state index contributed by atoms with van der Waals surface area (Å²) in [6.07, 6.45) is 4.06. The molecule has 2 rings (SSSR count). The maximum atomic E-state index is 10.9. The van der Waals surface area contributed by atoms with Crippen LogP contribution in [0, 0.1) is 0 Å². The van der Waals surface area contributed by atoms with Gasteiger partial charge in [-0.15, -0.1) is 0 Å². The van der Waals surface area contributed by atoms with Crippen molar-refractivity contribution in [3.63, 3.8) is 0 Å². The molecule has 0 spiro atoms. The van der Waals surface area contributed by atoms with Crippen molar-refractivity contribution in [2.24, 2.45) is 5.73 Å². The quantitative estimate of drug-likeness (QED) is 0.895. The van der Waals surface area contributed by atoms with Crippen LogP contribution in [-0.2, 0) is 17.8 Å². The number of rotatable bonds is 4. The maximum Gasteiger partial charge on any atom is 0.237 e. The van der Waals surface area contributed by atoms with Gasteiger partial charge >= 0.3 is 0 Å². The Kier molecular flexibility index (Phi) is 3.44. The van der Waals surface area contributed by atoms with Gasteiger partial charge in [0.1, 0.15) is 12.4 Å². The van der Waals surface area contributed by atoms with Crippen molar-refractivity contribution in [3.8, 4) is 0 Å². The second kappa shape index (κ2) is 5.01. The summed E-state index contributed by atoms with van der Waals surface area (Å²) in [5.41, 5.74) is 6.25. The van der Waals surface area contributed by atoms with E-state index in [1.807, 2.05) is 24.3 Å². The molecule has 0 aliphatic heterocycles. The molecule has 88 valence electrons. The first-order chi connectivity index (χ1) is 8.15. The second-order valence-corrected chi connectivity index (χ2v) is 4.18. The summed E-state index contributed by atoms with van der Waals surface area (Å²) in [6, 6.07) is 7.54. The molecule has 0 saturated carbocycles. The summed E-state index contributed by atoms with van der Waals surface area (Å²) in [4.78, 5) is 15.1. The third-order valence-corrected chi connectivity index (χ3v) is 2.66. The number of aromatic nitrogens is 2. The van der Waals surface area contributed by atoms with E-state index in [0.29, 0.717) is 11.4 Å². The second-order valence-electron chi connectivity index (χ2n) is 3.74. The summed E-state index contributed by atoms with van der Waals surface area (Å²) in [7, 11) is 0. The highest BCUT2D eigenvalue weighted by molar-refractivity contribution is 6.30. The number of primary amides is 1. The van der Waals surface area contributed by atoms with Crippen LogP contribution in [-0.4, -0.2) is 15.5 Å². The maximum absolute atomic E-state index is 10.9. The monoisotopic (exact) mass is 249 g/mol. The fourth-order valence-electron chi connectivity index (χ4n) is 1.60. The SMILES string of the molecule is NC(=O)Cn1ccnc1Cc1ccc(Cl)cc1. The Labute approximate surface area is 104 Å². The number of nitrogens with zero attached hydrogens (tertiary/aromatic N) is 2. The summed E-state index contributed by atoms with van der Waals surface area (Å²) in [6.45, 7) is 0.156. The van der Waals surface area contributed by atoms with E-state index < -0.39 is 0 Å². The van der Waals surface area contributed by atoms with Gasteiger partial charge in [-0.25, -0.2) is 4.98 Å². The van der Waals surface area contributed by atoms with Crippen molar-refractivity contribution >= 4 is 17.5 Å². The van der Waals surface area contributed by atoms with Gasteiger partial charge in [0.2, 0.25) is 5.91 Å². The molecule has 0 bridgehead atoms. The first-order valence-electron chi connectivity index (χ1n) is 5.18. The van der Waals surface area contributed by atoms with Gasteiger partial charge in [-0.2, -0.15) is 0 Å². The van der Waals surface area contributed by atoms with Crippen molar-refractivity contribution in [3.05, 3.63) is 53.1 Å². The van der Waals surface area contributed by atoms with Crippen molar-refractivity contribution in [2.45, 2.75) is 13.0 Å². The molecule has 1 aromatic heterocycles. The number of carbonyl (C=O) groups is 1. The number of imidazole rings is 1. The van der Waals surface area contributed by atoms with Crippen LogP contribution in [0.15, 0.2) is 36.7 Å². The fourth-order valence-corrected chi connectivity index (χ4v) is 1.73.